The highest BCUT2D eigenvalue weighted by atomic mass is 16.3. The number of phenols is 1. The van der Waals surface area contributed by atoms with Gasteiger partial charge >= 0.3 is 0 Å². The Morgan fingerprint density at radius 2 is 2.11 bits per heavy atom. The number of phenolic OH excluding ortho intramolecular Hbond substituents is 1. The Hall–Kier alpha value is -1.55. The highest BCUT2D eigenvalue weighted by Crippen LogP contribution is 2.21. The van der Waals surface area contributed by atoms with E-state index in [0.29, 0.717) is 24.6 Å². The quantitative estimate of drug-likeness (QED) is 0.739. The minimum Gasteiger partial charge on any atom is -0.508 e. The fourth-order valence-electron chi connectivity index (χ4n) is 2.09. The summed E-state index contributed by atoms with van der Waals surface area (Å²) in [5.41, 5.74) is 7.10. The summed E-state index contributed by atoms with van der Waals surface area (Å²) in [4.78, 5) is 11.9. The van der Waals surface area contributed by atoms with Gasteiger partial charge in [0.05, 0.1) is 0 Å². The Bertz CT molecular complexity index is 430. The van der Waals surface area contributed by atoms with Gasteiger partial charge in [0.15, 0.2) is 0 Å². The van der Waals surface area contributed by atoms with Crippen LogP contribution in [0.2, 0.25) is 0 Å². The number of aryl methyl sites for hydroxylation is 1. The molecule has 0 saturated heterocycles. The molecule has 1 rings (SSSR count). The lowest BCUT2D eigenvalue weighted by atomic mass is 9.94. The van der Waals surface area contributed by atoms with E-state index in [2.05, 4.69) is 19.2 Å². The van der Waals surface area contributed by atoms with Gasteiger partial charge in [-0.25, -0.2) is 0 Å². The van der Waals surface area contributed by atoms with Crippen molar-refractivity contribution in [1.29, 1.82) is 0 Å². The molecule has 4 heteroatoms. The van der Waals surface area contributed by atoms with Crippen molar-refractivity contribution in [2.75, 3.05) is 11.9 Å². The molecule has 1 amide bonds. The molecule has 0 fully saturated rings. The van der Waals surface area contributed by atoms with E-state index in [9.17, 15) is 9.90 Å². The maximum Gasteiger partial charge on any atom is 0.224 e. The summed E-state index contributed by atoms with van der Waals surface area (Å²) >= 11 is 0. The molecule has 1 aromatic rings. The summed E-state index contributed by atoms with van der Waals surface area (Å²) in [6.45, 7) is 6.58. The van der Waals surface area contributed by atoms with Crippen molar-refractivity contribution in [3.05, 3.63) is 23.8 Å². The van der Waals surface area contributed by atoms with Crippen LogP contribution in [0.5, 0.6) is 5.75 Å². The third kappa shape index (κ3) is 5.30. The molecule has 0 aliphatic carbocycles. The molecule has 1 aromatic carbocycles. The fraction of sp³-hybridized carbons (Fsp3) is 0.533. The SMILES string of the molecule is Cc1ccc(NC(=O)C[C@@H](CN)CC(C)C)cc1O. The van der Waals surface area contributed by atoms with E-state index < -0.39 is 0 Å². The van der Waals surface area contributed by atoms with Crippen molar-refractivity contribution in [2.24, 2.45) is 17.6 Å². The van der Waals surface area contributed by atoms with Crippen LogP contribution in [0.15, 0.2) is 18.2 Å². The molecule has 106 valence electrons. The number of aromatic hydroxyl groups is 1. The van der Waals surface area contributed by atoms with Crippen LogP contribution in [-0.2, 0) is 4.79 Å². The summed E-state index contributed by atoms with van der Waals surface area (Å²) in [6.07, 6.45) is 1.37. The number of rotatable bonds is 6. The number of nitrogens with two attached hydrogens (primary N) is 1. The molecular formula is C15H24N2O2. The number of nitrogens with one attached hydrogen (secondary N) is 1. The van der Waals surface area contributed by atoms with Gasteiger partial charge in [-0.15, -0.1) is 0 Å². The first-order valence-corrected chi connectivity index (χ1v) is 6.72. The molecule has 0 unspecified atom stereocenters. The monoisotopic (exact) mass is 264 g/mol. The van der Waals surface area contributed by atoms with E-state index in [-0.39, 0.29) is 17.6 Å². The first-order valence-electron chi connectivity index (χ1n) is 6.72. The predicted octanol–water partition coefficient (Wildman–Crippen LogP) is 2.65. The zero-order valence-electron chi connectivity index (χ0n) is 11.9. The second-order valence-corrected chi connectivity index (χ2v) is 5.48. The topological polar surface area (TPSA) is 75.4 Å². The maximum absolute atomic E-state index is 11.9. The molecule has 0 bridgehead atoms. The average Bonchev–Trinajstić information content (AvgIpc) is 2.32. The summed E-state index contributed by atoms with van der Waals surface area (Å²) < 4.78 is 0. The lowest BCUT2D eigenvalue weighted by Crippen LogP contribution is -2.23. The number of hydrogen-bond donors (Lipinski definition) is 3. The Morgan fingerprint density at radius 1 is 1.42 bits per heavy atom. The van der Waals surface area contributed by atoms with E-state index in [4.69, 9.17) is 5.73 Å². The van der Waals surface area contributed by atoms with Gasteiger partial charge < -0.3 is 16.2 Å². The maximum atomic E-state index is 11.9. The Balaban J connectivity index is 2.56. The lowest BCUT2D eigenvalue weighted by Gasteiger charge is -2.16. The van der Waals surface area contributed by atoms with Crippen LogP contribution in [0.1, 0.15) is 32.3 Å². The second-order valence-electron chi connectivity index (χ2n) is 5.48. The summed E-state index contributed by atoms with van der Waals surface area (Å²) in [6, 6.07) is 5.12. The van der Waals surface area contributed by atoms with Gasteiger partial charge in [0.2, 0.25) is 5.91 Å². The van der Waals surface area contributed by atoms with Crippen molar-refractivity contribution in [2.45, 2.75) is 33.6 Å². The van der Waals surface area contributed by atoms with Crippen LogP contribution in [0.25, 0.3) is 0 Å². The van der Waals surface area contributed by atoms with Crippen LogP contribution in [0.3, 0.4) is 0 Å². The van der Waals surface area contributed by atoms with Crippen molar-refractivity contribution >= 4 is 11.6 Å². The van der Waals surface area contributed by atoms with Gasteiger partial charge in [-0.1, -0.05) is 19.9 Å². The van der Waals surface area contributed by atoms with Gasteiger partial charge in [0.25, 0.3) is 0 Å². The van der Waals surface area contributed by atoms with Crippen molar-refractivity contribution in [3.8, 4) is 5.75 Å². The predicted molar refractivity (Wildman–Crippen MR) is 78.1 cm³/mol. The lowest BCUT2D eigenvalue weighted by molar-refractivity contribution is -0.117. The second kappa shape index (κ2) is 7.14. The molecular weight excluding hydrogens is 240 g/mol. The van der Waals surface area contributed by atoms with Crippen molar-refractivity contribution in [3.63, 3.8) is 0 Å². The number of carbonyl (C=O) groups is 1. The molecule has 0 saturated carbocycles. The molecule has 0 aliphatic heterocycles. The van der Waals surface area contributed by atoms with Crippen LogP contribution >= 0.6 is 0 Å². The summed E-state index contributed by atoms with van der Waals surface area (Å²) in [5.74, 6) is 0.874. The van der Waals surface area contributed by atoms with E-state index in [1.165, 1.54) is 0 Å². The van der Waals surface area contributed by atoms with Gasteiger partial charge in [0.1, 0.15) is 5.75 Å². The molecule has 0 spiro atoms. The first kappa shape index (κ1) is 15.5. The van der Waals surface area contributed by atoms with Crippen LogP contribution in [0.4, 0.5) is 5.69 Å². The zero-order chi connectivity index (χ0) is 14.4. The highest BCUT2D eigenvalue weighted by molar-refractivity contribution is 5.91. The minimum absolute atomic E-state index is 0.0562. The molecule has 1 atom stereocenters. The number of hydrogen-bond acceptors (Lipinski definition) is 3. The van der Waals surface area contributed by atoms with Crippen molar-refractivity contribution < 1.29 is 9.90 Å². The number of anilines is 1. The molecule has 19 heavy (non-hydrogen) atoms. The van der Waals surface area contributed by atoms with E-state index >= 15 is 0 Å². The Morgan fingerprint density at radius 3 is 2.63 bits per heavy atom. The van der Waals surface area contributed by atoms with Crippen LogP contribution in [-0.4, -0.2) is 17.6 Å². The average molecular weight is 264 g/mol. The molecule has 0 aromatic heterocycles. The third-order valence-corrected chi connectivity index (χ3v) is 3.11. The number of amides is 1. The van der Waals surface area contributed by atoms with Gasteiger partial charge in [-0.05, 0) is 43.4 Å². The zero-order valence-corrected chi connectivity index (χ0v) is 11.9. The minimum atomic E-state index is -0.0562. The highest BCUT2D eigenvalue weighted by Gasteiger charge is 2.14. The Labute approximate surface area is 115 Å². The standard InChI is InChI=1S/C15H24N2O2/c1-10(2)6-12(9-16)7-15(19)17-13-5-4-11(3)14(18)8-13/h4-5,8,10,12,18H,6-7,9,16H2,1-3H3,(H,17,19)/t12-/m0/s1. The molecule has 4 N–H and O–H groups in total. The fourth-order valence-corrected chi connectivity index (χ4v) is 2.09. The van der Waals surface area contributed by atoms with E-state index in [0.717, 1.165) is 12.0 Å². The molecule has 4 nitrogen and oxygen atoms in total. The number of carbonyl (C=O) groups excluding carboxylic acids is 1. The summed E-state index contributed by atoms with van der Waals surface area (Å²) in [5, 5.41) is 12.4. The smallest absolute Gasteiger partial charge is 0.224 e. The Kier molecular flexibility index (Phi) is 5.83. The summed E-state index contributed by atoms with van der Waals surface area (Å²) in [7, 11) is 0. The van der Waals surface area contributed by atoms with Gasteiger partial charge in [-0.2, -0.15) is 0 Å². The molecule has 0 heterocycles. The van der Waals surface area contributed by atoms with Gasteiger partial charge in [-0.3, -0.25) is 4.79 Å². The molecule has 0 aliphatic rings. The third-order valence-electron chi connectivity index (χ3n) is 3.11. The van der Waals surface area contributed by atoms with E-state index in [1.807, 2.05) is 6.92 Å². The normalized spacial score (nSPS) is 12.5. The van der Waals surface area contributed by atoms with E-state index in [1.54, 1.807) is 18.2 Å². The van der Waals surface area contributed by atoms with Crippen LogP contribution < -0.4 is 11.1 Å². The molecule has 0 radical (unpaired) electrons. The van der Waals surface area contributed by atoms with Gasteiger partial charge in [0, 0.05) is 18.2 Å². The van der Waals surface area contributed by atoms with Crippen molar-refractivity contribution in [1.82, 2.24) is 0 Å². The van der Waals surface area contributed by atoms with Crippen LogP contribution in [0, 0.1) is 18.8 Å². The first-order chi connectivity index (χ1) is 8.92. The largest absolute Gasteiger partial charge is 0.508 e. The number of benzene rings is 1.